The molecule has 0 saturated heterocycles. The van der Waals surface area contributed by atoms with Crippen molar-refractivity contribution >= 4 is 33.3 Å². The molecule has 0 unspecified atom stereocenters. The summed E-state index contributed by atoms with van der Waals surface area (Å²) in [5.74, 6) is 2.02. The Kier molecular flexibility index (Phi) is 6.20. The van der Waals surface area contributed by atoms with Crippen LogP contribution in [0, 0.1) is 0 Å². The first kappa shape index (κ1) is 26.3. The Bertz CT molecular complexity index is 2480. The minimum Gasteiger partial charge on any atom is -0.438 e. The molecular weight excluding hydrogens is 564 g/mol. The highest BCUT2D eigenvalue weighted by Gasteiger charge is 2.20. The van der Waals surface area contributed by atoms with Crippen molar-refractivity contribution in [2.24, 2.45) is 0 Å². The zero-order valence-electron chi connectivity index (χ0n) is 25.0. The standard InChI is InChI=1S/C41H28N4O/c1-3-13-27(14-4-1)38-42-39(28-15-5-2-6-16-28)44-40(43-38)32-20-12-18-30(26-32)29-17-11-19-31(25-29)37-33-21-7-8-22-34(33)45-35-23-9-10-24-36(35)46-41(37)45/h1,3-5,7-26H,2,6H2. The lowest BCUT2D eigenvalue weighted by Gasteiger charge is -2.11. The third-order valence-corrected chi connectivity index (χ3v) is 8.67. The molecule has 0 atom stereocenters. The molecule has 8 aromatic rings. The summed E-state index contributed by atoms with van der Waals surface area (Å²) in [7, 11) is 0. The van der Waals surface area contributed by atoms with Crippen LogP contribution in [0.15, 0.2) is 150 Å². The monoisotopic (exact) mass is 592 g/mol. The van der Waals surface area contributed by atoms with Crippen molar-refractivity contribution < 1.29 is 4.42 Å². The Hall–Kier alpha value is -6.07. The van der Waals surface area contributed by atoms with Crippen LogP contribution in [0.25, 0.3) is 78.3 Å². The SMILES string of the molecule is C1=CC(c2nc(-c3ccccc3)nc(-c3cccc(-c4cccc(-c5c6ccccc6n6c5oc5ccccc56)c4)c3)n2)=CCC1. The van der Waals surface area contributed by atoms with E-state index in [1.165, 1.54) is 0 Å². The smallest absolute Gasteiger partial charge is 0.213 e. The van der Waals surface area contributed by atoms with E-state index in [1.54, 1.807) is 0 Å². The number of allylic oxidation sites excluding steroid dienone is 4. The van der Waals surface area contributed by atoms with Crippen molar-refractivity contribution in [2.45, 2.75) is 12.8 Å². The Morgan fingerprint density at radius 2 is 1.15 bits per heavy atom. The summed E-state index contributed by atoms with van der Waals surface area (Å²) in [4.78, 5) is 14.8. The number of fused-ring (bicyclic) bond motifs is 5. The molecule has 9 rings (SSSR count). The summed E-state index contributed by atoms with van der Waals surface area (Å²) >= 11 is 0. The van der Waals surface area contributed by atoms with Gasteiger partial charge in [0, 0.05) is 22.1 Å². The molecule has 0 fully saturated rings. The number of para-hydroxylation sites is 3. The van der Waals surface area contributed by atoms with E-state index < -0.39 is 0 Å². The minimum absolute atomic E-state index is 0.657. The molecule has 3 heterocycles. The molecule has 5 nitrogen and oxygen atoms in total. The van der Waals surface area contributed by atoms with E-state index in [2.05, 4.69) is 108 Å². The average molecular weight is 593 g/mol. The summed E-state index contributed by atoms with van der Waals surface area (Å²) in [6.45, 7) is 0. The van der Waals surface area contributed by atoms with E-state index >= 15 is 0 Å². The van der Waals surface area contributed by atoms with Gasteiger partial charge in [-0.1, -0.05) is 115 Å². The van der Waals surface area contributed by atoms with Crippen LogP contribution in [-0.2, 0) is 0 Å². The predicted octanol–water partition coefficient (Wildman–Crippen LogP) is 10.4. The van der Waals surface area contributed by atoms with Crippen molar-refractivity contribution in [1.29, 1.82) is 0 Å². The summed E-state index contributed by atoms with van der Waals surface area (Å²) in [6.07, 6.45) is 8.53. The molecule has 1 aliphatic rings. The van der Waals surface area contributed by atoms with Gasteiger partial charge >= 0.3 is 0 Å². The lowest BCUT2D eigenvalue weighted by Crippen LogP contribution is -2.03. The molecule has 5 aromatic carbocycles. The molecule has 1 aliphatic carbocycles. The van der Waals surface area contributed by atoms with Gasteiger partial charge in [0.2, 0.25) is 5.71 Å². The van der Waals surface area contributed by atoms with Crippen LogP contribution in [-0.4, -0.2) is 19.4 Å². The van der Waals surface area contributed by atoms with E-state index in [1.807, 2.05) is 42.5 Å². The first-order chi connectivity index (χ1) is 22.8. The average Bonchev–Trinajstić information content (AvgIpc) is 3.67. The molecule has 218 valence electrons. The molecule has 5 heteroatoms. The predicted molar refractivity (Wildman–Crippen MR) is 186 cm³/mol. The normalized spacial score (nSPS) is 13.1. The lowest BCUT2D eigenvalue weighted by atomic mass is 9.97. The Morgan fingerprint density at radius 3 is 1.96 bits per heavy atom. The quantitative estimate of drug-likeness (QED) is 0.199. The number of nitrogens with zero attached hydrogens (tertiary/aromatic N) is 4. The summed E-state index contributed by atoms with van der Waals surface area (Å²) in [5.41, 5.74) is 11.3. The van der Waals surface area contributed by atoms with Crippen LogP contribution in [0.2, 0.25) is 0 Å². The molecule has 46 heavy (non-hydrogen) atoms. The maximum absolute atomic E-state index is 6.49. The van der Waals surface area contributed by atoms with E-state index in [4.69, 9.17) is 19.4 Å². The number of benzene rings is 5. The van der Waals surface area contributed by atoms with Crippen LogP contribution in [0.3, 0.4) is 0 Å². The fourth-order valence-electron chi connectivity index (χ4n) is 6.49. The van der Waals surface area contributed by atoms with E-state index in [-0.39, 0.29) is 0 Å². The molecule has 0 amide bonds. The number of aromatic nitrogens is 4. The van der Waals surface area contributed by atoms with Gasteiger partial charge in [-0.2, -0.15) is 0 Å². The fourth-order valence-corrected chi connectivity index (χ4v) is 6.49. The maximum Gasteiger partial charge on any atom is 0.213 e. The minimum atomic E-state index is 0.657. The highest BCUT2D eigenvalue weighted by atomic mass is 16.3. The molecule has 0 aliphatic heterocycles. The fraction of sp³-hybridized carbons (Fsp3) is 0.0488. The zero-order valence-corrected chi connectivity index (χ0v) is 25.0. The van der Waals surface area contributed by atoms with Crippen LogP contribution in [0.4, 0.5) is 0 Å². The van der Waals surface area contributed by atoms with Gasteiger partial charge in [0.25, 0.3) is 0 Å². The van der Waals surface area contributed by atoms with Gasteiger partial charge in [0.15, 0.2) is 23.1 Å². The summed E-state index contributed by atoms with van der Waals surface area (Å²) < 4.78 is 8.71. The molecular formula is C41H28N4O. The highest BCUT2D eigenvalue weighted by molar-refractivity contribution is 6.07. The number of rotatable bonds is 5. The molecule has 0 radical (unpaired) electrons. The Morgan fingerprint density at radius 1 is 0.522 bits per heavy atom. The number of oxazole rings is 1. The number of hydrogen-bond donors (Lipinski definition) is 0. The van der Waals surface area contributed by atoms with Crippen molar-refractivity contribution in [3.63, 3.8) is 0 Å². The molecule has 3 aromatic heterocycles. The molecule has 0 spiro atoms. The zero-order chi connectivity index (χ0) is 30.5. The molecule has 0 saturated carbocycles. The third-order valence-electron chi connectivity index (χ3n) is 8.67. The van der Waals surface area contributed by atoms with E-state index in [0.717, 1.165) is 79.5 Å². The van der Waals surface area contributed by atoms with Crippen LogP contribution in [0.5, 0.6) is 0 Å². The number of hydrogen-bond acceptors (Lipinski definition) is 4. The van der Waals surface area contributed by atoms with Crippen LogP contribution in [0.1, 0.15) is 18.7 Å². The second-order valence-electron chi connectivity index (χ2n) is 11.6. The third kappa shape index (κ3) is 4.44. The van der Waals surface area contributed by atoms with Crippen molar-refractivity contribution in [3.05, 3.63) is 151 Å². The first-order valence-electron chi connectivity index (χ1n) is 15.6. The van der Waals surface area contributed by atoms with Crippen molar-refractivity contribution in [3.8, 4) is 45.0 Å². The highest BCUT2D eigenvalue weighted by Crippen LogP contribution is 2.40. The van der Waals surface area contributed by atoms with E-state index in [0.29, 0.717) is 17.5 Å². The van der Waals surface area contributed by atoms with Gasteiger partial charge in [0.1, 0.15) is 0 Å². The van der Waals surface area contributed by atoms with Gasteiger partial charge in [-0.25, -0.2) is 15.0 Å². The van der Waals surface area contributed by atoms with Crippen molar-refractivity contribution in [2.75, 3.05) is 0 Å². The van der Waals surface area contributed by atoms with Crippen LogP contribution >= 0.6 is 0 Å². The second-order valence-corrected chi connectivity index (χ2v) is 11.6. The van der Waals surface area contributed by atoms with Gasteiger partial charge in [-0.15, -0.1) is 0 Å². The second kappa shape index (κ2) is 10.8. The summed E-state index contributed by atoms with van der Waals surface area (Å²) in [5, 5.41) is 1.16. The van der Waals surface area contributed by atoms with E-state index in [9.17, 15) is 0 Å². The van der Waals surface area contributed by atoms with Gasteiger partial charge in [0.05, 0.1) is 16.6 Å². The van der Waals surface area contributed by atoms with Crippen molar-refractivity contribution in [1.82, 2.24) is 19.4 Å². The first-order valence-corrected chi connectivity index (χ1v) is 15.6. The molecule has 0 bridgehead atoms. The van der Waals surface area contributed by atoms with Gasteiger partial charge < -0.3 is 4.42 Å². The summed E-state index contributed by atoms with van der Waals surface area (Å²) in [6, 6.07) is 44.0. The van der Waals surface area contributed by atoms with Gasteiger partial charge in [-0.3, -0.25) is 4.40 Å². The molecule has 0 N–H and O–H groups in total. The largest absolute Gasteiger partial charge is 0.438 e. The maximum atomic E-state index is 6.49. The lowest BCUT2D eigenvalue weighted by molar-refractivity contribution is 0.658. The Labute approximate surface area is 265 Å². The Balaban J connectivity index is 1.17. The van der Waals surface area contributed by atoms with Gasteiger partial charge in [-0.05, 0) is 59.9 Å². The topological polar surface area (TPSA) is 56.2 Å². The van der Waals surface area contributed by atoms with Crippen LogP contribution < -0.4 is 0 Å².